The van der Waals surface area contributed by atoms with Crippen molar-refractivity contribution in [2.24, 2.45) is 9.98 Å². The zero-order chi connectivity index (χ0) is 19.0. The molecule has 0 bridgehead atoms. The molecule has 2 unspecified atom stereocenters. The third-order valence-electron chi connectivity index (χ3n) is 5.17. The molecule has 4 nitrogen and oxygen atoms in total. The second kappa shape index (κ2) is 7.18. The molecule has 0 radical (unpaired) electrons. The summed E-state index contributed by atoms with van der Waals surface area (Å²) >= 11 is 0. The fraction of sp³-hybridized carbons (Fsp3) is 0.391. The van der Waals surface area contributed by atoms with Crippen LogP contribution < -0.4 is 0 Å². The van der Waals surface area contributed by atoms with Crippen LogP contribution in [-0.4, -0.2) is 24.0 Å². The van der Waals surface area contributed by atoms with Gasteiger partial charge < -0.3 is 9.47 Å². The fourth-order valence-electron chi connectivity index (χ4n) is 3.84. The Kier molecular flexibility index (Phi) is 4.73. The lowest BCUT2D eigenvalue weighted by Gasteiger charge is -2.14. The molecule has 0 aliphatic carbocycles. The molecule has 2 aliphatic rings. The Morgan fingerprint density at radius 2 is 1.19 bits per heavy atom. The predicted molar refractivity (Wildman–Crippen MR) is 108 cm³/mol. The van der Waals surface area contributed by atoms with Crippen LogP contribution >= 0.6 is 0 Å². The Balaban J connectivity index is 1.51. The van der Waals surface area contributed by atoms with Crippen molar-refractivity contribution in [2.45, 2.75) is 58.4 Å². The number of hydrogen-bond donors (Lipinski definition) is 0. The SMILES string of the molecule is Cc1cccc([C@H]2N=C(CC3=N[C@H](c4cccc(C)c4)C(C)O3)OC2C)c1. The van der Waals surface area contributed by atoms with E-state index in [4.69, 9.17) is 19.5 Å². The molecule has 4 atom stereocenters. The minimum absolute atomic E-state index is 0.0220. The lowest BCUT2D eigenvalue weighted by atomic mass is 10.0. The summed E-state index contributed by atoms with van der Waals surface area (Å²) in [6.45, 7) is 8.34. The van der Waals surface area contributed by atoms with Gasteiger partial charge in [0.05, 0.1) is 6.42 Å². The highest BCUT2D eigenvalue weighted by Gasteiger charge is 2.33. The van der Waals surface area contributed by atoms with Crippen LogP contribution in [0.1, 0.15) is 54.6 Å². The van der Waals surface area contributed by atoms with Gasteiger partial charge in [-0.1, -0.05) is 59.7 Å². The first kappa shape index (κ1) is 17.8. The van der Waals surface area contributed by atoms with Gasteiger partial charge in [-0.15, -0.1) is 0 Å². The van der Waals surface area contributed by atoms with E-state index in [0.717, 1.165) is 0 Å². The van der Waals surface area contributed by atoms with E-state index in [1.807, 2.05) is 0 Å². The molecule has 0 amide bonds. The van der Waals surface area contributed by atoms with Crippen LogP contribution in [0.25, 0.3) is 0 Å². The molecular formula is C23H26N2O2. The molecule has 2 aliphatic heterocycles. The fourth-order valence-corrected chi connectivity index (χ4v) is 3.84. The summed E-state index contributed by atoms with van der Waals surface area (Å²) in [7, 11) is 0. The Bertz CT molecular complexity index is 829. The van der Waals surface area contributed by atoms with Crippen molar-refractivity contribution in [3.8, 4) is 0 Å². The summed E-state index contributed by atoms with van der Waals surface area (Å²) < 4.78 is 12.0. The predicted octanol–water partition coefficient (Wildman–Crippen LogP) is 5.11. The van der Waals surface area contributed by atoms with Crippen molar-refractivity contribution in [3.05, 3.63) is 70.8 Å². The van der Waals surface area contributed by atoms with Gasteiger partial charge >= 0.3 is 0 Å². The van der Waals surface area contributed by atoms with E-state index in [2.05, 4.69) is 76.2 Å². The van der Waals surface area contributed by atoms with Crippen molar-refractivity contribution < 1.29 is 9.47 Å². The first-order valence-electron chi connectivity index (χ1n) is 9.59. The van der Waals surface area contributed by atoms with Gasteiger partial charge in [0.1, 0.15) is 24.3 Å². The van der Waals surface area contributed by atoms with Crippen LogP contribution in [0.15, 0.2) is 58.5 Å². The summed E-state index contributed by atoms with van der Waals surface area (Å²) in [5.41, 5.74) is 4.86. The molecule has 0 saturated carbocycles. The standard InChI is InChI=1S/C23H26N2O2/c1-14-7-5-9-18(11-14)22-16(3)26-20(24-22)13-21-25-23(17(4)27-21)19-10-6-8-15(2)12-19/h5-12,16-17,22-23H,13H2,1-4H3/t16?,17?,22-,23-/m0/s1. The minimum Gasteiger partial charge on any atom is -0.475 e. The summed E-state index contributed by atoms with van der Waals surface area (Å²) in [5.74, 6) is 1.43. The smallest absolute Gasteiger partial charge is 0.193 e. The van der Waals surface area contributed by atoms with Crippen molar-refractivity contribution in [1.82, 2.24) is 0 Å². The number of aryl methyl sites for hydroxylation is 2. The van der Waals surface area contributed by atoms with E-state index in [0.29, 0.717) is 18.2 Å². The van der Waals surface area contributed by atoms with Gasteiger partial charge in [0.25, 0.3) is 0 Å². The summed E-state index contributed by atoms with van der Waals surface area (Å²) in [5, 5.41) is 0. The molecule has 140 valence electrons. The van der Waals surface area contributed by atoms with Crippen molar-refractivity contribution in [3.63, 3.8) is 0 Å². The maximum atomic E-state index is 6.01. The van der Waals surface area contributed by atoms with Gasteiger partial charge in [-0.3, -0.25) is 0 Å². The summed E-state index contributed by atoms with van der Waals surface area (Å²) in [6, 6.07) is 17.0. The molecule has 0 spiro atoms. The van der Waals surface area contributed by atoms with Gasteiger partial charge in [0, 0.05) is 0 Å². The average Bonchev–Trinajstić information content (AvgIpc) is 3.17. The van der Waals surface area contributed by atoms with Crippen LogP contribution in [0.4, 0.5) is 0 Å². The van der Waals surface area contributed by atoms with Crippen LogP contribution in [0.2, 0.25) is 0 Å². The number of benzene rings is 2. The van der Waals surface area contributed by atoms with E-state index < -0.39 is 0 Å². The third-order valence-corrected chi connectivity index (χ3v) is 5.17. The number of rotatable bonds is 4. The van der Waals surface area contributed by atoms with Crippen LogP contribution in [-0.2, 0) is 9.47 Å². The Labute approximate surface area is 161 Å². The van der Waals surface area contributed by atoms with Crippen molar-refractivity contribution in [2.75, 3.05) is 0 Å². The molecule has 4 rings (SSSR count). The molecule has 0 saturated heterocycles. The Morgan fingerprint density at radius 3 is 1.59 bits per heavy atom. The van der Waals surface area contributed by atoms with Crippen LogP contribution in [0.3, 0.4) is 0 Å². The maximum absolute atomic E-state index is 6.01. The molecule has 2 heterocycles. The molecule has 4 heteroatoms. The lowest BCUT2D eigenvalue weighted by molar-refractivity contribution is 0.199. The largest absolute Gasteiger partial charge is 0.475 e. The molecule has 0 N–H and O–H groups in total. The normalized spacial score (nSPS) is 27.0. The lowest BCUT2D eigenvalue weighted by Crippen LogP contribution is -2.16. The highest BCUT2D eigenvalue weighted by molar-refractivity contribution is 5.98. The first-order valence-corrected chi connectivity index (χ1v) is 9.59. The topological polar surface area (TPSA) is 43.2 Å². The van der Waals surface area contributed by atoms with E-state index in [-0.39, 0.29) is 24.3 Å². The Hall–Kier alpha value is -2.62. The van der Waals surface area contributed by atoms with Gasteiger partial charge in [-0.25, -0.2) is 9.98 Å². The minimum atomic E-state index is 0.0220. The number of ether oxygens (including phenoxy) is 2. The number of aliphatic imine (C=N–C) groups is 2. The molecule has 2 aromatic carbocycles. The van der Waals surface area contributed by atoms with Gasteiger partial charge in [-0.05, 0) is 38.8 Å². The zero-order valence-electron chi connectivity index (χ0n) is 16.3. The molecule has 27 heavy (non-hydrogen) atoms. The van der Waals surface area contributed by atoms with Crippen molar-refractivity contribution in [1.29, 1.82) is 0 Å². The number of hydrogen-bond acceptors (Lipinski definition) is 4. The maximum Gasteiger partial charge on any atom is 0.193 e. The van der Waals surface area contributed by atoms with E-state index >= 15 is 0 Å². The van der Waals surface area contributed by atoms with Crippen LogP contribution in [0.5, 0.6) is 0 Å². The van der Waals surface area contributed by atoms with Gasteiger partial charge in [0.2, 0.25) is 0 Å². The third kappa shape index (κ3) is 3.75. The average molecular weight is 362 g/mol. The molecule has 0 aromatic heterocycles. The van der Waals surface area contributed by atoms with Gasteiger partial charge in [0.15, 0.2) is 11.8 Å². The summed E-state index contributed by atoms with van der Waals surface area (Å²) in [4.78, 5) is 9.63. The monoisotopic (exact) mass is 362 g/mol. The van der Waals surface area contributed by atoms with Gasteiger partial charge in [-0.2, -0.15) is 0 Å². The van der Waals surface area contributed by atoms with Crippen molar-refractivity contribution >= 4 is 11.8 Å². The highest BCUT2D eigenvalue weighted by atomic mass is 16.5. The first-order chi connectivity index (χ1) is 13.0. The molecule has 0 fully saturated rings. The van der Waals surface area contributed by atoms with Crippen LogP contribution in [0, 0.1) is 13.8 Å². The Morgan fingerprint density at radius 1 is 0.741 bits per heavy atom. The highest BCUT2D eigenvalue weighted by Crippen LogP contribution is 2.33. The zero-order valence-corrected chi connectivity index (χ0v) is 16.3. The number of nitrogens with zero attached hydrogens (tertiary/aromatic N) is 2. The second-order valence-corrected chi connectivity index (χ2v) is 7.59. The summed E-state index contributed by atoms with van der Waals surface area (Å²) in [6.07, 6.45) is 0.557. The molecule has 2 aromatic rings. The molecular weight excluding hydrogens is 336 g/mol. The van der Waals surface area contributed by atoms with E-state index in [1.165, 1.54) is 22.3 Å². The quantitative estimate of drug-likeness (QED) is 0.758. The van der Waals surface area contributed by atoms with E-state index in [9.17, 15) is 0 Å². The van der Waals surface area contributed by atoms with E-state index in [1.54, 1.807) is 0 Å². The second-order valence-electron chi connectivity index (χ2n) is 7.59.